The minimum Gasteiger partial charge on any atom is -0.495 e. The summed E-state index contributed by atoms with van der Waals surface area (Å²) >= 11 is 12.5. The van der Waals surface area contributed by atoms with Crippen molar-refractivity contribution in [3.8, 4) is 5.75 Å². The second kappa shape index (κ2) is 6.77. The number of allylic oxidation sites excluding steroid dienone is 1. The maximum Gasteiger partial charge on any atom is 0.415 e. The van der Waals surface area contributed by atoms with Gasteiger partial charge >= 0.3 is 6.09 Å². The molecule has 0 bridgehead atoms. The fraction of sp³-hybridized carbons (Fsp3) is 0.368. The predicted molar refractivity (Wildman–Crippen MR) is 107 cm³/mol. The second-order valence-corrected chi connectivity index (χ2v) is 7.92. The third-order valence-electron chi connectivity index (χ3n) is 4.17. The number of nitrogens with zero attached hydrogens (tertiary/aromatic N) is 1. The van der Waals surface area contributed by atoms with Crippen LogP contribution in [0, 0.1) is 0 Å². The highest BCUT2D eigenvalue weighted by molar-refractivity contribution is 6.46. The van der Waals surface area contributed by atoms with Gasteiger partial charge in [0.15, 0.2) is 0 Å². The van der Waals surface area contributed by atoms with Gasteiger partial charge < -0.3 is 14.5 Å². The number of halogens is 2. The zero-order valence-electron chi connectivity index (χ0n) is 15.6. The lowest BCUT2D eigenvalue weighted by Crippen LogP contribution is -2.48. The van der Waals surface area contributed by atoms with Crippen LogP contribution in [0.1, 0.15) is 39.3 Å². The van der Waals surface area contributed by atoms with Gasteiger partial charge in [0.2, 0.25) is 0 Å². The fourth-order valence-electron chi connectivity index (χ4n) is 3.13. The minimum atomic E-state index is -0.684. The van der Waals surface area contributed by atoms with Crippen molar-refractivity contribution in [3.05, 3.63) is 44.2 Å². The second-order valence-electron chi connectivity index (χ2n) is 7.17. The van der Waals surface area contributed by atoms with Gasteiger partial charge in [-0.05, 0) is 33.8 Å². The maximum atomic E-state index is 12.7. The van der Waals surface area contributed by atoms with Crippen molar-refractivity contribution in [1.82, 2.24) is 4.98 Å². The molecule has 0 fully saturated rings. The summed E-state index contributed by atoms with van der Waals surface area (Å²) in [6.45, 7) is 7.15. The number of amides is 1. The van der Waals surface area contributed by atoms with Crippen LogP contribution in [0.3, 0.4) is 0 Å². The Morgan fingerprint density at radius 1 is 1.30 bits per heavy atom. The molecule has 0 spiro atoms. The number of hydrogen-bond donors (Lipinski definition) is 1. The van der Waals surface area contributed by atoms with Crippen molar-refractivity contribution >= 4 is 45.9 Å². The van der Waals surface area contributed by atoms with E-state index in [1.165, 1.54) is 12.0 Å². The summed E-state index contributed by atoms with van der Waals surface area (Å²) < 4.78 is 10.7. The van der Waals surface area contributed by atoms with Gasteiger partial charge in [0.25, 0.3) is 5.56 Å². The van der Waals surface area contributed by atoms with Gasteiger partial charge in [0.1, 0.15) is 22.1 Å². The first-order valence-electron chi connectivity index (χ1n) is 8.37. The fourth-order valence-corrected chi connectivity index (χ4v) is 3.60. The molecule has 0 saturated carbocycles. The number of aromatic nitrogens is 1. The van der Waals surface area contributed by atoms with E-state index in [2.05, 4.69) is 4.98 Å². The first-order valence-corrected chi connectivity index (χ1v) is 9.13. The number of pyridine rings is 1. The molecular formula is C19H20Cl2N2O4. The SMILES string of the molecule is C/C=C\C1c2c(c(=O)[nH]c3c(Cl)c(Cl)c(OC)cc23)N1C(=O)OC(C)(C)C. The number of ether oxygens (including phenoxy) is 2. The monoisotopic (exact) mass is 410 g/mol. The molecule has 1 aliphatic rings. The first kappa shape index (κ1) is 19.6. The quantitative estimate of drug-likeness (QED) is 0.689. The minimum absolute atomic E-state index is 0.195. The van der Waals surface area contributed by atoms with E-state index in [1.807, 2.05) is 19.1 Å². The van der Waals surface area contributed by atoms with Crippen LogP contribution in [-0.4, -0.2) is 23.8 Å². The number of anilines is 1. The topological polar surface area (TPSA) is 71.6 Å². The molecule has 144 valence electrons. The van der Waals surface area contributed by atoms with Gasteiger partial charge in [-0.3, -0.25) is 9.69 Å². The number of rotatable bonds is 2. The van der Waals surface area contributed by atoms with E-state index in [1.54, 1.807) is 26.8 Å². The van der Waals surface area contributed by atoms with Crippen molar-refractivity contribution < 1.29 is 14.3 Å². The van der Waals surface area contributed by atoms with Crippen molar-refractivity contribution in [2.45, 2.75) is 39.3 Å². The van der Waals surface area contributed by atoms with Gasteiger partial charge in [0, 0.05) is 10.9 Å². The third kappa shape index (κ3) is 3.17. The number of hydrogen-bond acceptors (Lipinski definition) is 4. The van der Waals surface area contributed by atoms with Crippen LogP contribution >= 0.6 is 23.2 Å². The number of methoxy groups -OCH3 is 1. The molecule has 0 radical (unpaired) electrons. The van der Waals surface area contributed by atoms with Crippen LogP contribution in [0.15, 0.2) is 23.0 Å². The molecule has 8 heteroatoms. The summed E-state index contributed by atoms with van der Waals surface area (Å²) in [5.41, 5.74) is 0.198. The molecule has 0 saturated heterocycles. The Morgan fingerprint density at radius 2 is 1.96 bits per heavy atom. The third-order valence-corrected chi connectivity index (χ3v) is 5.02. The number of benzene rings is 1. The van der Waals surface area contributed by atoms with Crippen LogP contribution < -0.4 is 15.2 Å². The molecule has 3 rings (SSSR count). The average Bonchev–Trinajstić information content (AvgIpc) is 2.54. The van der Waals surface area contributed by atoms with Crippen LogP contribution in [0.2, 0.25) is 10.0 Å². The van der Waals surface area contributed by atoms with Gasteiger partial charge in [-0.25, -0.2) is 4.79 Å². The van der Waals surface area contributed by atoms with Gasteiger partial charge in [-0.1, -0.05) is 35.4 Å². The smallest absolute Gasteiger partial charge is 0.415 e. The van der Waals surface area contributed by atoms with Crippen molar-refractivity contribution in [2.24, 2.45) is 0 Å². The van der Waals surface area contributed by atoms with E-state index in [0.717, 1.165) is 0 Å². The Hall–Kier alpha value is -2.18. The number of carbonyl (C=O) groups excluding carboxylic acids is 1. The lowest BCUT2D eigenvalue weighted by Gasteiger charge is -2.41. The largest absolute Gasteiger partial charge is 0.495 e. The number of nitrogens with one attached hydrogen (secondary N) is 1. The van der Waals surface area contributed by atoms with Crippen LogP contribution in [0.5, 0.6) is 5.75 Å². The summed E-state index contributed by atoms with van der Waals surface area (Å²) in [5, 5.41) is 1.08. The highest BCUT2D eigenvalue weighted by atomic mass is 35.5. The number of aromatic amines is 1. The lowest BCUT2D eigenvalue weighted by atomic mass is 9.90. The summed E-state index contributed by atoms with van der Waals surface area (Å²) in [4.78, 5) is 29.4. The highest BCUT2D eigenvalue weighted by Gasteiger charge is 2.44. The van der Waals surface area contributed by atoms with E-state index < -0.39 is 23.3 Å². The first-order chi connectivity index (χ1) is 12.6. The molecule has 6 nitrogen and oxygen atoms in total. The Morgan fingerprint density at radius 3 is 2.52 bits per heavy atom. The Labute approximate surface area is 166 Å². The zero-order valence-corrected chi connectivity index (χ0v) is 17.2. The summed E-state index contributed by atoms with van der Waals surface area (Å²) in [7, 11) is 1.48. The van der Waals surface area contributed by atoms with E-state index in [9.17, 15) is 9.59 Å². The Kier molecular flexibility index (Phi) is 4.91. The zero-order chi connectivity index (χ0) is 20.1. The Bertz CT molecular complexity index is 1020. The predicted octanol–water partition coefficient (Wildman–Crippen LogP) is 5.22. The van der Waals surface area contributed by atoms with Crippen molar-refractivity contribution in [3.63, 3.8) is 0 Å². The molecule has 1 atom stereocenters. The Balaban J connectivity index is 2.27. The molecule has 1 aliphatic heterocycles. The van der Waals surface area contributed by atoms with E-state index >= 15 is 0 Å². The van der Waals surface area contributed by atoms with Crippen LogP contribution in [0.4, 0.5) is 10.5 Å². The number of H-pyrrole nitrogens is 1. The molecule has 1 aromatic heterocycles. The van der Waals surface area contributed by atoms with Gasteiger partial charge in [0.05, 0.1) is 23.7 Å². The molecule has 1 aromatic carbocycles. The molecule has 1 N–H and O–H groups in total. The summed E-state index contributed by atoms with van der Waals surface area (Å²) in [5.74, 6) is 0.387. The number of carbonyl (C=O) groups is 1. The molecule has 2 aromatic rings. The van der Waals surface area contributed by atoms with Crippen LogP contribution in [0.25, 0.3) is 10.9 Å². The van der Waals surface area contributed by atoms with E-state index in [-0.39, 0.29) is 15.7 Å². The lowest BCUT2D eigenvalue weighted by molar-refractivity contribution is 0.0561. The van der Waals surface area contributed by atoms with Crippen molar-refractivity contribution in [1.29, 1.82) is 0 Å². The molecular weight excluding hydrogens is 391 g/mol. The molecule has 0 aliphatic carbocycles. The van der Waals surface area contributed by atoms with E-state index in [0.29, 0.717) is 22.2 Å². The average molecular weight is 411 g/mol. The molecule has 27 heavy (non-hydrogen) atoms. The normalized spacial score (nSPS) is 16.4. The van der Waals surface area contributed by atoms with Crippen LogP contribution in [-0.2, 0) is 4.74 Å². The molecule has 2 heterocycles. The van der Waals surface area contributed by atoms with E-state index in [4.69, 9.17) is 32.7 Å². The highest BCUT2D eigenvalue weighted by Crippen LogP contribution is 2.49. The summed E-state index contributed by atoms with van der Waals surface area (Å²) in [6, 6.07) is 1.26. The molecule has 1 unspecified atom stereocenters. The maximum absolute atomic E-state index is 12.7. The van der Waals surface area contributed by atoms with Gasteiger partial charge in [-0.15, -0.1) is 0 Å². The molecule has 1 amide bonds. The van der Waals surface area contributed by atoms with Crippen molar-refractivity contribution in [2.75, 3.05) is 12.0 Å². The summed E-state index contributed by atoms with van der Waals surface area (Å²) in [6.07, 6.45) is 3.04. The number of fused-ring (bicyclic) bond motifs is 3. The van der Waals surface area contributed by atoms with Gasteiger partial charge in [-0.2, -0.15) is 0 Å². The standard InChI is InChI=1S/C19H20Cl2N2O4/c1-6-7-10-12-9-8-11(26-5)13(20)14(21)15(9)22-17(24)16(12)23(10)18(25)27-19(2,3)4/h6-8,10H,1-5H3,(H,22,24)/b7-6-.